The molecule has 0 aliphatic heterocycles. The molecule has 2 unspecified atom stereocenters. The van der Waals surface area contributed by atoms with Crippen molar-refractivity contribution in [3.63, 3.8) is 0 Å². The molecule has 1 heteroatoms. The summed E-state index contributed by atoms with van der Waals surface area (Å²) in [5.74, 6) is 5.95. The van der Waals surface area contributed by atoms with Gasteiger partial charge in [0.25, 0.3) is 0 Å². The second-order valence-corrected chi connectivity index (χ2v) is 10.2. The van der Waals surface area contributed by atoms with Crippen molar-refractivity contribution in [2.75, 3.05) is 0 Å². The van der Waals surface area contributed by atoms with Crippen LogP contribution in [0.5, 0.6) is 0 Å². The summed E-state index contributed by atoms with van der Waals surface area (Å²) in [7, 11) is 0. The van der Waals surface area contributed by atoms with Gasteiger partial charge in [-0.15, -0.1) is 0 Å². The maximum Gasteiger partial charge on any atom is 0.133 e. The number of hydrogen-bond acceptors (Lipinski definition) is 1. The summed E-state index contributed by atoms with van der Waals surface area (Å²) in [6.45, 7) is 10.2. The fourth-order valence-electron chi connectivity index (χ4n) is 8.37. The highest BCUT2D eigenvalue weighted by Gasteiger charge is 2.61. The van der Waals surface area contributed by atoms with E-state index in [9.17, 15) is 4.79 Å². The highest BCUT2D eigenvalue weighted by atomic mass is 16.1. The van der Waals surface area contributed by atoms with Gasteiger partial charge in [-0.2, -0.15) is 0 Å². The molecule has 0 radical (unpaired) electrons. The van der Waals surface area contributed by atoms with E-state index in [1.807, 2.05) is 0 Å². The second-order valence-electron chi connectivity index (χ2n) is 10.2. The highest BCUT2D eigenvalue weighted by Crippen LogP contribution is 2.68. The third-order valence-electron chi connectivity index (χ3n) is 9.47. The van der Waals surface area contributed by atoms with Crippen LogP contribution in [0.4, 0.5) is 0 Å². The molecule has 0 amide bonds. The predicted octanol–water partition coefficient (Wildman–Crippen LogP) is 5.87. The normalized spacial score (nSPS) is 55.9. The fourth-order valence-corrected chi connectivity index (χ4v) is 8.37. The molecule has 130 valence electrons. The third-order valence-corrected chi connectivity index (χ3v) is 9.47. The van der Waals surface area contributed by atoms with Crippen molar-refractivity contribution in [3.8, 4) is 0 Å². The summed E-state index contributed by atoms with van der Waals surface area (Å²) < 4.78 is 0. The Hall–Kier alpha value is -0.330. The maximum atomic E-state index is 12.0. The molecule has 0 bridgehead atoms. The minimum Gasteiger partial charge on any atom is -0.300 e. The van der Waals surface area contributed by atoms with Crippen molar-refractivity contribution in [3.05, 3.63) is 0 Å². The van der Waals surface area contributed by atoms with Crippen LogP contribution < -0.4 is 0 Å². The van der Waals surface area contributed by atoms with E-state index in [2.05, 4.69) is 27.7 Å². The lowest BCUT2D eigenvalue weighted by molar-refractivity contribution is -0.141. The van der Waals surface area contributed by atoms with E-state index in [-0.39, 0.29) is 0 Å². The molecule has 4 fully saturated rings. The fraction of sp³-hybridized carbons (Fsp3) is 0.955. The predicted molar refractivity (Wildman–Crippen MR) is 95.1 cm³/mol. The van der Waals surface area contributed by atoms with Crippen molar-refractivity contribution in [1.82, 2.24) is 0 Å². The zero-order chi connectivity index (χ0) is 16.4. The van der Waals surface area contributed by atoms with E-state index in [4.69, 9.17) is 0 Å². The highest BCUT2D eigenvalue weighted by molar-refractivity contribution is 5.79. The molecule has 8 atom stereocenters. The number of fused-ring (bicyclic) bond motifs is 5. The molecular weight excluding hydrogens is 280 g/mol. The smallest absolute Gasteiger partial charge is 0.133 e. The van der Waals surface area contributed by atoms with Crippen molar-refractivity contribution >= 4 is 5.78 Å². The van der Waals surface area contributed by atoms with Gasteiger partial charge in [0.15, 0.2) is 0 Å². The number of rotatable bonds is 1. The average Bonchev–Trinajstić information content (AvgIpc) is 2.79. The molecule has 4 rings (SSSR count). The van der Waals surface area contributed by atoms with Gasteiger partial charge in [0.1, 0.15) is 5.78 Å². The minimum atomic E-state index is 0.474. The minimum absolute atomic E-state index is 0.474. The monoisotopic (exact) mass is 316 g/mol. The summed E-state index contributed by atoms with van der Waals surface area (Å²) in [6.07, 6.45) is 11.5. The Kier molecular flexibility index (Phi) is 3.75. The van der Waals surface area contributed by atoms with Crippen LogP contribution in [0, 0.1) is 46.3 Å². The van der Waals surface area contributed by atoms with Gasteiger partial charge >= 0.3 is 0 Å². The first-order chi connectivity index (χ1) is 10.9. The van der Waals surface area contributed by atoms with Crippen LogP contribution in [0.25, 0.3) is 0 Å². The zero-order valence-corrected chi connectivity index (χ0v) is 15.7. The Balaban J connectivity index is 1.65. The first kappa shape index (κ1) is 16.2. The third kappa shape index (κ3) is 2.13. The summed E-state index contributed by atoms with van der Waals surface area (Å²) >= 11 is 0. The van der Waals surface area contributed by atoms with Crippen molar-refractivity contribution in [1.29, 1.82) is 0 Å². The Bertz CT molecular complexity index is 496. The van der Waals surface area contributed by atoms with Crippen LogP contribution in [0.3, 0.4) is 0 Å². The molecule has 4 aliphatic rings. The molecule has 4 aliphatic carbocycles. The number of ketones is 1. The topological polar surface area (TPSA) is 17.1 Å². The van der Waals surface area contributed by atoms with E-state index < -0.39 is 0 Å². The summed E-state index contributed by atoms with van der Waals surface area (Å²) in [5.41, 5.74) is 1.09. The van der Waals surface area contributed by atoms with Gasteiger partial charge in [-0.25, -0.2) is 0 Å². The largest absolute Gasteiger partial charge is 0.300 e. The molecule has 0 heterocycles. The summed E-state index contributed by atoms with van der Waals surface area (Å²) in [4.78, 5) is 12.0. The van der Waals surface area contributed by atoms with E-state index in [1.54, 1.807) is 0 Å². The van der Waals surface area contributed by atoms with Crippen molar-refractivity contribution in [2.45, 2.75) is 85.5 Å². The lowest BCUT2D eigenvalue weighted by Gasteiger charge is -2.60. The maximum absolute atomic E-state index is 12.0. The molecule has 1 nitrogen and oxygen atoms in total. The Labute approximate surface area is 143 Å². The molecule has 4 saturated carbocycles. The number of Topliss-reactive ketones (excluding diaryl/α,β-unsaturated/α-hetero) is 1. The average molecular weight is 317 g/mol. The zero-order valence-electron chi connectivity index (χ0n) is 15.7. The van der Waals surface area contributed by atoms with Gasteiger partial charge < -0.3 is 0 Å². The Morgan fingerprint density at radius 3 is 2.61 bits per heavy atom. The van der Waals surface area contributed by atoms with Gasteiger partial charge in [-0.05, 0) is 84.9 Å². The molecule has 0 aromatic rings. The lowest BCUT2D eigenvalue weighted by atomic mass is 9.44. The van der Waals surface area contributed by atoms with Gasteiger partial charge in [0, 0.05) is 12.8 Å². The Morgan fingerprint density at radius 1 is 1.09 bits per heavy atom. The molecule has 0 N–H and O–H groups in total. The van der Waals surface area contributed by atoms with Crippen molar-refractivity contribution < 1.29 is 4.79 Å². The van der Waals surface area contributed by atoms with Gasteiger partial charge in [0.05, 0.1) is 0 Å². The Morgan fingerprint density at radius 2 is 1.87 bits per heavy atom. The van der Waals surface area contributed by atoms with E-state index in [0.29, 0.717) is 22.5 Å². The van der Waals surface area contributed by atoms with Crippen LogP contribution in [-0.2, 0) is 4.79 Å². The van der Waals surface area contributed by atoms with E-state index in [1.165, 1.54) is 44.9 Å². The number of hydrogen-bond donors (Lipinski definition) is 0. The van der Waals surface area contributed by atoms with Gasteiger partial charge in [-0.3, -0.25) is 4.79 Å². The van der Waals surface area contributed by atoms with Crippen LogP contribution in [-0.4, -0.2) is 5.78 Å². The number of carbonyl (C=O) groups excluding carboxylic acids is 1. The van der Waals surface area contributed by atoms with Crippen LogP contribution in [0.15, 0.2) is 0 Å². The molecular formula is C22H36O. The SMILES string of the molecule is CC[C@H]1CC(C)[C@H]2[C@@H]3CCC4CC(=O)CC[C@]4(C)[C@H]3CC[C@]12C. The first-order valence-electron chi connectivity index (χ1n) is 10.4. The van der Waals surface area contributed by atoms with Crippen LogP contribution >= 0.6 is 0 Å². The molecule has 0 aromatic heterocycles. The van der Waals surface area contributed by atoms with Crippen LogP contribution in [0.1, 0.15) is 85.5 Å². The van der Waals surface area contributed by atoms with E-state index >= 15 is 0 Å². The van der Waals surface area contributed by atoms with E-state index in [0.717, 1.165) is 42.4 Å². The standard InChI is InChI=1S/C22H36O/c1-5-15-12-14(2)20-18-7-6-16-13-17(23)8-10-21(16,3)19(18)9-11-22(15,20)4/h14-16,18-20H,5-13H2,1-4H3/t14?,15-,16?,18+,19-,20-,21-,22+/m0/s1. The number of carbonyl (C=O) groups is 1. The van der Waals surface area contributed by atoms with Crippen molar-refractivity contribution in [2.24, 2.45) is 46.3 Å². The lowest BCUT2D eigenvalue weighted by Crippen LogP contribution is -2.54. The molecule has 0 saturated heterocycles. The second kappa shape index (κ2) is 5.33. The quantitative estimate of drug-likeness (QED) is 0.591. The summed E-state index contributed by atoms with van der Waals surface area (Å²) in [5, 5.41) is 0. The van der Waals surface area contributed by atoms with Gasteiger partial charge in [-0.1, -0.05) is 34.1 Å². The molecule has 0 aromatic carbocycles. The first-order valence-corrected chi connectivity index (χ1v) is 10.4. The summed E-state index contributed by atoms with van der Waals surface area (Å²) in [6, 6.07) is 0. The van der Waals surface area contributed by atoms with Gasteiger partial charge in [0.2, 0.25) is 0 Å². The van der Waals surface area contributed by atoms with Crippen LogP contribution in [0.2, 0.25) is 0 Å². The molecule has 0 spiro atoms. The molecule has 23 heavy (non-hydrogen) atoms.